The quantitative estimate of drug-likeness (QED) is 0.939. The highest BCUT2D eigenvalue weighted by atomic mass is 79.9. The van der Waals surface area contributed by atoms with E-state index >= 15 is 0 Å². The maximum Gasteiger partial charge on any atom is 0.0790 e. The summed E-state index contributed by atoms with van der Waals surface area (Å²) in [6.45, 7) is 5.95. The highest BCUT2D eigenvalue weighted by Crippen LogP contribution is 2.21. The fourth-order valence-electron chi connectivity index (χ4n) is 1.64. The van der Waals surface area contributed by atoms with Crippen LogP contribution in [0, 0.1) is 6.92 Å². The summed E-state index contributed by atoms with van der Waals surface area (Å²) in [6.07, 6.45) is 1.99. The van der Waals surface area contributed by atoms with Gasteiger partial charge in [0.2, 0.25) is 0 Å². The number of benzene rings is 1. The summed E-state index contributed by atoms with van der Waals surface area (Å²) in [5.41, 5.74) is 3.36. The zero-order valence-electron chi connectivity index (χ0n) is 10.1. The zero-order chi connectivity index (χ0) is 12.3. The van der Waals surface area contributed by atoms with E-state index in [0.717, 1.165) is 28.9 Å². The van der Waals surface area contributed by atoms with Crippen molar-refractivity contribution >= 4 is 15.9 Å². The number of rotatable bonds is 4. The summed E-state index contributed by atoms with van der Waals surface area (Å²) in [5.74, 6) is 0. The second-order valence-electron chi connectivity index (χ2n) is 3.99. The molecule has 0 amide bonds. The molecule has 3 nitrogen and oxygen atoms in total. The van der Waals surface area contributed by atoms with Gasteiger partial charge in [-0.3, -0.25) is 0 Å². The second kappa shape index (κ2) is 5.47. The Hall–Kier alpha value is -1.13. The lowest BCUT2D eigenvalue weighted by Crippen LogP contribution is -2.12. The zero-order valence-corrected chi connectivity index (χ0v) is 11.7. The Morgan fingerprint density at radius 2 is 2.18 bits per heavy atom. The molecule has 0 saturated carbocycles. The van der Waals surface area contributed by atoms with Crippen LogP contribution in [0.5, 0.6) is 0 Å². The number of hydrogen-bond acceptors (Lipinski definition) is 2. The van der Waals surface area contributed by atoms with Gasteiger partial charge in [0.25, 0.3) is 0 Å². The summed E-state index contributed by atoms with van der Waals surface area (Å²) in [7, 11) is 0. The van der Waals surface area contributed by atoms with Gasteiger partial charge in [-0.1, -0.05) is 13.0 Å². The summed E-state index contributed by atoms with van der Waals surface area (Å²) in [5, 5.41) is 7.81. The lowest BCUT2D eigenvalue weighted by Gasteiger charge is -2.05. The average molecular weight is 294 g/mol. The third-order valence-electron chi connectivity index (χ3n) is 2.55. The van der Waals surface area contributed by atoms with Gasteiger partial charge in [0, 0.05) is 17.2 Å². The van der Waals surface area contributed by atoms with E-state index in [4.69, 9.17) is 0 Å². The molecule has 2 aromatic rings. The molecule has 1 heterocycles. The molecule has 1 aromatic heterocycles. The largest absolute Gasteiger partial charge is 0.311 e. The maximum atomic E-state index is 4.54. The maximum absolute atomic E-state index is 4.54. The first-order chi connectivity index (χ1) is 8.20. The molecule has 0 fully saturated rings. The molecule has 0 spiro atoms. The van der Waals surface area contributed by atoms with Gasteiger partial charge in [-0.2, -0.15) is 5.10 Å². The van der Waals surface area contributed by atoms with Crippen molar-refractivity contribution in [1.29, 1.82) is 0 Å². The minimum atomic E-state index is 0.812. The van der Waals surface area contributed by atoms with Crippen molar-refractivity contribution in [2.24, 2.45) is 0 Å². The molecule has 0 aliphatic heterocycles. The van der Waals surface area contributed by atoms with Crippen molar-refractivity contribution in [3.63, 3.8) is 0 Å². The van der Waals surface area contributed by atoms with E-state index in [0.29, 0.717) is 0 Å². The van der Waals surface area contributed by atoms with Gasteiger partial charge in [0.05, 0.1) is 11.4 Å². The van der Waals surface area contributed by atoms with Crippen LogP contribution in [-0.4, -0.2) is 16.3 Å². The molecule has 0 aliphatic rings. The van der Waals surface area contributed by atoms with Crippen molar-refractivity contribution in [1.82, 2.24) is 15.1 Å². The first-order valence-corrected chi connectivity index (χ1v) is 6.52. The first kappa shape index (κ1) is 12.3. The predicted octanol–water partition coefficient (Wildman–Crippen LogP) is 3.05. The van der Waals surface area contributed by atoms with Crippen LogP contribution in [-0.2, 0) is 6.54 Å². The smallest absolute Gasteiger partial charge is 0.0790 e. The Morgan fingerprint density at radius 3 is 2.94 bits per heavy atom. The number of hydrogen-bond donors (Lipinski definition) is 1. The lowest BCUT2D eigenvalue weighted by molar-refractivity contribution is 0.696. The molecule has 1 aromatic carbocycles. The number of aromatic nitrogens is 2. The Kier molecular flexibility index (Phi) is 3.97. The monoisotopic (exact) mass is 293 g/mol. The average Bonchev–Trinajstić information content (AvgIpc) is 2.78. The van der Waals surface area contributed by atoms with Crippen LogP contribution in [0.2, 0.25) is 0 Å². The summed E-state index contributed by atoms with van der Waals surface area (Å²) < 4.78 is 2.96. The Bertz CT molecular complexity index is 505. The van der Waals surface area contributed by atoms with E-state index in [1.165, 1.54) is 5.56 Å². The number of aryl methyl sites for hydroxylation is 1. The molecule has 0 atom stereocenters. The van der Waals surface area contributed by atoms with Crippen LogP contribution in [0.15, 0.2) is 34.9 Å². The Labute approximate surface area is 110 Å². The van der Waals surface area contributed by atoms with Crippen LogP contribution in [0.3, 0.4) is 0 Å². The van der Waals surface area contributed by atoms with E-state index in [2.05, 4.69) is 58.4 Å². The molecule has 2 rings (SSSR count). The van der Waals surface area contributed by atoms with Crippen molar-refractivity contribution in [2.45, 2.75) is 20.4 Å². The van der Waals surface area contributed by atoms with Crippen LogP contribution >= 0.6 is 15.9 Å². The molecule has 0 aliphatic carbocycles. The molecule has 4 heteroatoms. The number of nitrogens with one attached hydrogen (secondary N) is 1. The van der Waals surface area contributed by atoms with Crippen LogP contribution < -0.4 is 5.32 Å². The third-order valence-corrected chi connectivity index (χ3v) is 3.22. The van der Waals surface area contributed by atoms with Gasteiger partial charge < -0.3 is 5.32 Å². The van der Waals surface area contributed by atoms with Gasteiger partial charge in [-0.05, 0) is 53.2 Å². The van der Waals surface area contributed by atoms with Gasteiger partial charge >= 0.3 is 0 Å². The normalized spacial score (nSPS) is 10.8. The minimum absolute atomic E-state index is 0.812. The van der Waals surface area contributed by atoms with Crippen LogP contribution in [0.25, 0.3) is 5.69 Å². The molecule has 0 bridgehead atoms. The fourth-order valence-corrected chi connectivity index (χ4v) is 2.07. The highest BCUT2D eigenvalue weighted by Gasteiger charge is 2.05. The minimum Gasteiger partial charge on any atom is -0.311 e. The second-order valence-corrected chi connectivity index (χ2v) is 4.84. The number of nitrogens with zero attached hydrogens (tertiary/aromatic N) is 2. The predicted molar refractivity (Wildman–Crippen MR) is 73.4 cm³/mol. The van der Waals surface area contributed by atoms with Gasteiger partial charge in [0.15, 0.2) is 0 Å². The molecule has 0 radical (unpaired) electrons. The highest BCUT2D eigenvalue weighted by molar-refractivity contribution is 9.10. The molecule has 1 N–H and O–H groups in total. The third kappa shape index (κ3) is 2.96. The summed E-state index contributed by atoms with van der Waals surface area (Å²) in [4.78, 5) is 0. The van der Waals surface area contributed by atoms with E-state index in [1.807, 2.05) is 16.9 Å². The summed E-state index contributed by atoms with van der Waals surface area (Å²) >= 11 is 3.55. The van der Waals surface area contributed by atoms with Gasteiger partial charge in [-0.25, -0.2) is 4.68 Å². The standard InChI is InChI=1S/C13H16BrN3/c1-3-15-9-11-6-7-17(16-11)13-8-10(2)4-5-12(13)14/h4-8,15H,3,9H2,1-2H3. The molecule has 0 unspecified atom stereocenters. The van der Waals surface area contributed by atoms with E-state index < -0.39 is 0 Å². The van der Waals surface area contributed by atoms with Crippen LogP contribution in [0.1, 0.15) is 18.2 Å². The van der Waals surface area contributed by atoms with Crippen LogP contribution in [0.4, 0.5) is 0 Å². The molecular weight excluding hydrogens is 278 g/mol. The fraction of sp³-hybridized carbons (Fsp3) is 0.308. The SMILES string of the molecule is CCNCc1ccn(-c2cc(C)ccc2Br)n1. The first-order valence-electron chi connectivity index (χ1n) is 5.72. The molecule has 0 saturated heterocycles. The lowest BCUT2D eigenvalue weighted by atomic mass is 10.2. The van der Waals surface area contributed by atoms with E-state index in [9.17, 15) is 0 Å². The van der Waals surface area contributed by atoms with Crippen molar-refractivity contribution < 1.29 is 0 Å². The molecule has 17 heavy (non-hydrogen) atoms. The summed E-state index contributed by atoms with van der Waals surface area (Å²) in [6, 6.07) is 8.29. The topological polar surface area (TPSA) is 29.9 Å². The Morgan fingerprint density at radius 1 is 1.35 bits per heavy atom. The Balaban J connectivity index is 2.27. The van der Waals surface area contributed by atoms with Crippen molar-refractivity contribution in [3.8, 4) is 5.69 Å². The molecular formula is C13H16BrN3. The van der Waals surface area contributed by atoms with E-state index in [-0.39, 0.29) is 0 Å². The van der Waals surface area contributed by atoms with Crippen molar-refractivity contribution in [2.75, 3.05) is 6.54 Å². The molecule has 90 valence electrons. The van der Waals surface area contributed by atoms with Crippen molar-refractivity contribution in [3.05, 3.63) is 46.2 Å². The van der Waals surface area contributed by atoms with Gasteiger partial charge in [0.1, 0.15) is 0 Å². The van der Waals surface area contributed by atoms with E-state index in [1.54, 1.807) is 0 Å². The number of halogens is 1. The van der Waals surface area contributed by atoms with Gasteiger partial charge in [-0.15, -0.1) is 0 Å².